The summed E-state index contributed by atoms with van der Waals surface area (Å²) < 4.78 is 0. The molecule has 1 aliphatic heterocycles. The van der Waals surface area contributed by atoms with E-state index >= 15 is 0 Å². The van der Waals surface area contributed by atoms with Gasteiger partial charge >= 0.3 is 0 Å². The number of rotatable bonds is 5. The van der Waals surface area contributed by atoms with Gasteiger partial charge in [-0.1, -0.05) is 6.92 Å². The van der Waals surface area contributed by atoms with E-state index < -0.39 is 0 Å². The van der Waals surface area contributed by atoms with Crippen molar-refractivity contribution in [3.8, 4) is 0 Å². The van der Waals surface area contributed by atoms with Crippen LogP contribution in [-0.4, -0.2) is 49.4 Å². The van der Waals surface area contributed by atoms with Crippen LogP contribution >= 0.6 is 12.4 Å². The maximum Gasteiger partial charge on any atom is 0.223 e. The van der Waals surface area contributed by atoms with Crippen LogP contribution in [0.4, 0.5) is 0 Å². The Morgan fingerprint density at radius 3 is 2.78 bits per heavy atom. The number of hydrogen-bond donors (Lipinski definition) is 2. The average Bonchev–Trinajstić information content (AvgIpc) is 2.30. The Kier molecular flexibility index (Phi) is 7.95. The van der Waals surface area contributed by atoms with Crippen LogP contribution in [-0.2, 0) is 9.59 Å². The molecule has 6 heteroatoms. The van der Waals surface area contributed by atoms with E-state index in [2.05, 4.69) is 10.6 Å². The lowest BCUT2D eigenvalue weighted by Crippen LogP contribution is -2.45. The van der Waals surface area contributed by atoms with Crippen LogP contribution in [0.2, 0.25) is 0 Å². The van der Waals surface area contributed by atoms with Crippen LogP contribution in [0.1, 0.15) is 26.7 Å². The molecule has 2 amide bonds. The Bertz CT molecular complexity index is 286. The van der Waals surface area contributed by atoms with E-state index in [9.17, 15) is 9.59 Å². The number of nitrogens with zero attached hydrogens (tertiary/aromatic N) is 1. The van der Waals surface area contributed by atoms with Gasteiger partial charge in [-0.25, -0.2) is 0 Å². The smallest absolute Gasteiger partial charge is 0.223 e. The molecule has 106 valence electrons. The molecule has 5 nitrogen and oxygen atoms in total. The molecule has 0 aromatic heterocycles. The van der Waals surface area contributed by atoms with Crippen LogP contribution in [0.25, 0.3) is 0 Å². The second-order valence-corrected chi connectivity index (χ2v) is 4.71. The zero-order valence-electron chi connectivity index (χ0n) is 11.4. The maximum atomic E-state index is 11.8. The lowest BCUT2D eigenvalue weighted by atomic mass is 9.95. The van der Waals surface area contributed by atoms with Gasteiger partial charge in [0.15, 0.2) is 0 Å². The summed E-state index contributed by atoms with van der Waals surface area (Å²) in [6.07, 6.45) is 1.11. The monoisotopic (exact) mass is 277 g/mol. The minimum Gasteiger partial charge on any atom is -0.354 e. The van der Waals surface area contributed by atoms with Crippen LogP contribution in [0.5, 0.6) is 0 Å². The van der Waals surface area contributed by atoms with Gasteiger partial charge in [0.05, 0.1) is 0 Å². The molecule has 1 fully saturated rings. The molecule has 0 saturated carbocycles. The molecule has 0 aliphatic carbocycles. The highest BCUT2D eigenvalue weighted by atomic mass is 35.5. The molecule has 2 atom stereocenters. The quantitative estimate of drug-likeness (QED) is 0.764. The molecule has 0 bridgehead atoms. The number of nitrogens with one attached hydrogen (secondary N) is 2. The van der Waals surface area contributed by atoms with E-state index in [0.29, 0.717) is 19.5 Å². The topological polar surface area (TPSA) is 61.4 Å². The Hall–Kier alpha value is -0.810. The van der Waals surface area contributed by atoms with Crippen molar-refractivity contribution in [2.75, 3.05) is 26.7 Å². The summed E-state index contributed by atoms with van der Waals surface area (Å²) in [5, 5.41) is 6.13. The fourth-order valence-corrected chi connectivity index (χ4v) is 1.99. The summed E-state index contributed by atoms with van der Waals surface area (Å²) in [6, 6.07) is 0.269. The third-order valence-corrected chi connectivity index (χ3v) is 3.17. The van der Waals surface area contributed by atoms with Crippen molar-refractivity contribution in [2.45, 2.75) is 32.7 Å². The number of carbonyl (C=O) groups is 2. The van der Waals surface area contributed by atoms with E-state index in [-0.39, 0.29) is 36.2 Å². The van der Waals surface area contributed by atoms with Gasteiger partial charge < -0.3 is 15.5 Å². The SMILES string of the molecule is CCN[C@H](C)CNC(=O)C1CCN(C)C(=O)C1.Cl. The highest BCUT2D eigenvalue weighted by molar-refractivity contribution is 5.86. The largest absolute Gasteiger partial charge is 0.354 e. The van der Waals surface area contributed by atoms with Gasteiger partial charge in [0, 0.05) is 38.5 Å². The molecule has 1 unspecified atom stereocenters. The van der Waals surface area contributed by atoms with Crippen LogP contribution in [0, 0.1) is 5.92 Å². The summed E-state index contributed by atoms with van der Waals surface area (Å²) in [7, 11) is 1.78. The van der Waals surface area contributed by atoms with Crippen molar-refractivity contribution in [1.29, 1.82) is 0 Å². The molecule has 1 aliphatic rings. The molecular weight excluding hydrogens is 254 g/mol. The first-order valence-corrected chi connectivity index (χ1v) is 6.29. The predicted octanol–water partition coefficient (Wildman–Crippen LogP) is 0.391. The lowest BCUT2D eigenvalue weighted by molar-refractivity contribution is -0.139. The van der Waals surface area contributed by atoms with Crippen LogP contribution in [0.15, 0.2) is 0 Å². The number of piperidine rings is 1. The first-order valence-electron chi connectivity index (χ1n) is 6.29. The molecule has 1 heterocycles. The van der Waals surface area contributed by atoms with Crippen molar-refractivity contribution in [1.82, 2.24) is 15.5 Å². The van der Waals surface area contributed by atoms with Gasteiger partial charge in [-0.05, 0) is 19.9 Å². The molecule has 0 spiro atoms. The van der Waals surface area contributed by atoms with Crippen molar-refractivity contribution in [3.05, 3.63) is 0 Å². The Balaban J connectivity index is 0.00000289. The standard InChI is InChI=1S/C12H23N3O2.ClH/c1-4-13-9(2)8-14-12(17)10-5-6-15(3)11(16)7-10;/h9-10,13H,4-8H2,1-3H3,(H,14,17);1H/t9-,10?;/m1./s1. The van der Waals surface area contributed by atoms with Gasteiger partial charge in [0.2, 0.25) is 11.8 Å². The summed E-state index contributed by atoms with van der Waals surface area (Å²) in [6.45, 7) is 6.26. The Morgan fingerprint density at radius 1 is 1.56 bits per heavy atom. The van der Waals surface area contributed by atoms with E-state index in [1.165, 1.54) is 0 Å². The van der Waals surface area contributed by atoms with E-state index in [1.807, 2.05) is 13.8 Å². The number of amides is 2. The first-order chi connectivity index (χ1) is 8.04. The van der Waals surface area contributed by atoms with Gasteiger partial charge in [-0.2, -0.15) is 0 Å². The molecule has 1 rings (SSSR count). The van der Waals surface area contributed by atoms with Crippen molar-refractivity contribution >= 4 is 24.2 Å². The second kappa shape index (κ2) is 8.32. The average molecular weight is 278 g/mol. The summed E-state index contributed by atoms with van der Waals surface area (Å²) in [5.41, 5.74) is 0. The minimum absolute atomic E-state index is 0. The zero-order valence-corrected chi connectivity index (χ0v) is 12.2. The summed E-state index contributed by atoms with van der Waals surface area (Å²) >= 11 is 0. The van der Waals surface area contributed by atoms with E-state index in [0.717, 1.165) is 13.0 Å². The highest BCUT2D eigenvalue weighted by Gasteiger charge is 2.28. The van der Waals surface area contributed by atoms with E-state index in [4.69, 9.17) is 0 Å². The molecular formula is C12H24ClN3O2. The highest BCUT2D eigenvalue weighted by Crippen LogP contribution is 2.16. The fraction of sp³-hybridized carbons (Fsp3) is 0.833. The number of halogens is 1. The molecule has 18 heavy (non-hydrogen) atoms. The van der Waals surface area contributed by atoms with Crippen molar-refractivity contribution < 1.29 is 9.59 Å². The molecule has 0 aromatic carbocycles. The predicted molar refractivity (Wildman–Crippen MR) is 73.8 cm³/mol. The maximum absolute atomic E-state index is 11.8. The number of hydrogen-bond acceptors (Lipinski definition) is 3. The summed E-state index contributed by atoms with van der Waals surface area (Å²) in [5.74, 6) is -0.0696. The Labute approximate surface area is 115 Å². The minimum atomic E-state index is -0.146. The Morgan fingerprint density at radius 2 is 2.22 bits per heavy atom. The van der Waals surface area contributed by atoms with Gasteiger partial charge in [0.25, 0.3) is 0 Å². The molecule has 0 aromatic rings. The lowest BCUT2D eigenvalue weighted by Gasteiger charge is -2.28. The third kappa shape index (κ3) is 5.23. The molecule has 1 saturated heterocycles. The van der Waals surface area contributed by atoms with Crippen LogP contribution < -0.4 is 10.6 Å². The third-order valence-electron chi connectivity index (χ3n) is 3.17. The zero-order chi connectivity index (χ0) is 12.8. The van der Waals surface area contributed by atoms with Gasteiger partial charge in [0.1, 0.15) is 0 Å². The van der Waals surface area contributed by atoms with Gasteiger partial charge in [-0.3, -0.25) is 9.59 Å². The summed E-state index contributed by atoms with van der Waals surface area (Å²) in [4.78, 5) is 25.0. The second-order valence-electron chi connectivity index (χ2n) is 4.71. The van der Waals surface area contributed by atoms with Gasteiger partial charge in [-0.15, -0.1) is 12.4 Å². The number of carbonyl (C=O) groups excluding carboxylic acids is 2. The first kappa shape index (κ1) is 17.2. The fourth-order valence-electron chi connectivity index (χ4n) is 1.99. The molecule has 2 N–H and O–H groups in total. The van der Waals surface area contributed by atoms with Crippen molar-refractivity contribution in [3.63, 3.8) is 0 Å². The molecule has 0 radical (unpaired) electrons. The number of likely N-dealkylation sites (N-methyl/N-ethyl adjacent to an activating group) is 1. The van der Waals surface area contributed by atoms with Crippen LogP contribution in [0.3, 0.4) is 0 Å². The van der Waals surface area contributed by atoms with Crippen molar-refractivity contribution in [2.24, 2.45) is 5.92 Å². The normalized spacial score (nSPS) is 21.2. The number of likely N-dealkylation sites (tertiary alicyclic amines) is 1. The van der Waals surface area contributed by atoms with E-state index in [1.54, 1.807) is 11.9 Å².